The molecule has 0 aliphatic carbocycles. The molecular formula is C12H10FNO2S. The summed E-state index contributed by atoms with van der Waals surface area (Å²) in [7, 11) is 0. The SMILES string of the molecule is Cc1nc(CC(=O)O)c(-c2ccc(F)cc2)s1. The highest BCUT2D eigenvalue weighted by Gasteiger charge is 2.14. The van der Waals surface area contributed by atoms with Gasteiger partial charge in [0.1, 0.15) is 5.82 Å². The molecule has 0 atom stereocenters. The second kappa shape index (κ2) is 4.63. The third-order valence-corrected chi connectivity index (χ3v) is 3.29. The zero-order valence-electron chi connectivity index (χ0n) is 9.11. The summed E-state index contributed by atoms with van der Waals surface area (Å²) >= 11 is 1.42. The van der Waals surface area contributed by atoms with Gasteiger partial charge < -0.3 is 5.11 Å². The lowest BCUT2D eigenvalue weighted by Gasteiger charge is -2.00. The van der Waals surface area contributed by atoms with Gasteiger partial charge in [-0.2, -0.15) is 0 Å². The van der Waals surface area contributed by atoms with Gasteiger partial charge >= 0.3 is 5.97 Å². The number of rotatable bonds is 3. The predicted octanol–water partition coefficient (Wildman–Crippen LogP) is 2.88. The topological polar surface area (TPSA) is 50.2 Å². The summed E-state index contributed by atoms with van der Waals surface area (Å²) in [6.45, 7) is 1.82. The van der Waals surface area contributed by atoms with Crippen molar-refractivity contribution in [2.24, 2.45) is 0 Å². The first kappa shape index (κ1) is 11.7. The molecule has 0 aliphatic rings. The van der Waals surface area contributed by atoms with Gasteiger partial charge in [-0.25, -0.2) is 9.37 Å². The number of carbonyl (C=O) groups is 1. The van der Waals surface area contributed by atoms with Crippen LogP contribution in [0.4, 0.5) is 4.39 Å². The number of halogens is 1. The smallest absolute Gasteiger partial charge is 0.309 e. The van der Waals surface area contributed by atoms with Gasteiger partial charge in [0.2, 0.25) is 0 Å². The number of nitrogens with zero attached hydrogens (tertiary/aromatic N) is 1. The Bertz CT molecular complexity index is 548. The molecule has 2 rings (SSSR count). The van der Waals surface area contributed by atoms with Crippen LogP contribution in [0.5, 0.6) is 0 Å². The van der Waals surface area contributed by atoms with Crippen molar-refractivity contribution in [2.45, 2.75) is 13.3 Å². The molecule has 0 fully saturated rings. The first-order valence-electron chi connectivity index (χ1n) is 5.00. The Labute approximate surface area is 102 Å². The van der Waals surface area contributed by atoms with Gasteiger partial charge in [0.15, 0.2) is 0 Å². The van der Waals surface area contributed by atoms with Crippen LogP contribution in [0.15, 0.2) is 24.3 Å². The van der Waals surface area contributed by atoms with Gasteiger partial charge in [0, 0.05) is 0 Å². The number of hydrogen-bond donors (Lipinski definition) is 1. The van der Waals surface area contributed by atoms with Gasteiger partial charge in [0.25, 0.3) is 0 Å². The molecule has 1 aromatic carbocycles. The normalized spacial score (nSPS) is 10.5. The molecule has 3 nitrogen and oxygen atoms in total. The van der Waals surface area contributed by atoms with Crippen molar-refractivity contribution in [3.63, 3.8) is 0 Å². The second-order valence-electron chi connectivity index (χ2n) is 3.59. The molecule has 88 valence electrons. The van der Waals surface area contributed by atoms with E-state index in [1.54, 1.807) is 12.1 Å². The number of aliphatic carboxylic acids is 1. The van der Waals surface area contributed by atoms with E-state index in [2.05, 4.69) is 4.98 Å². The standard InChI is InChI=1S/C12H10FNO2S/c1-7-14-10(6-11(15)16)12(17-7)8-2-4-9(13)5-3-8/h2-5H,6H2,1H3,(H,15,16). The fourth-order valence-corrected chi connectivity index (χ4v) is 2.50. The van der Waals surface area contributed by atoms with Gasteiger partial charge in [-0.1, -0.05) is 12.1 Å². The number of aromatic nitrogens is 1. The molecule has 0 saturated carbocycles. The van der Waals surface area contributed by atoms with E-state index in [1.807, 2.05) is 6.92 Å². The fraction of sp³-hybridized carbons (Fsp3) is 0.167. The van der Waals surface area contributed by atoms with E-state index in [0.717, 1.165) is 15.4 Å². The molecule has 1 heterocycles. The zero-order chi connectivity index (χ0) is 12.4. The monoisotopic (exact) mass is 251 g/mol. The molecule has 1 aromatic heterocycles. The molecule has 17 heavy (non-hydrogen) atoms. The average Bonchev–Trinajstić information content (AvgIpc) is 2.59. The predicted molar refractivity (Wildman–Crippen MR) is 63.6 cm³/mol. The van der Waals surface area contributed by atoms with Crippen LogP contribution in [-0.2, 0) is 11.2 Å². The second-order valence-corrected chi connectivity index (χ2v) is 4.79. The van der Waals surface area contributed by atoms with Crippen molar-refractivity contribution in [1.82, 2.24) is 4.98 Å². The molecule has 0 unspecified atom stereocenters. The van der Waals surface area contributed by atoms with E-state index in [1.165, 1.54) is 23.5 Å². The van der Waals surface area contributed by atoms with Crippen molar-refractivity contribution in [3.8, 4) is 10.4 Å². The van der Waals surface area contributed by atoms with Gasteiger partial charge in [-0.05, 0) is 24.6 Å². The number of carboxylic acid groups (broad SMARTS) is 1. The summed E-state index contributed by atoms with van der Waals surface area (Å²) in [6, 6.07) is 5.98. The molecule has 1 N–H and O–H groups in total. The Morgan fingerprint density at radius 2 is 2.06 bits per heavy atom. The molecule has 5 heteroatoms. The molecule has 0 bridgehead atoms. The quantitative estimate of drug-likeness (QED) is 0.912. The lowest BCUT2D eigenvalue weighted by Crippen LogP contribution is -2.01. The fourth-order valence-electron chi connectivity index (χ4n) is 1.56. The van der Waals surface area contributed by atoms with Crippen LogP contribution in [-0.4, -0.2) is 16.1 Å². The zero-order valence-corrected chi connectivity index (χ0v) is 9.92. The molecule has 0 aliphatic heterocycles. The van der Waals surface area contributed by atoms with E-state index in [9.17, 15) is 9.18 Å². The summed E-state index contributed by atoms with van der Waals surface area (Å²) in [5.41, 5.74) is 1.33. The minimum absolute atomic E-state index is 0.114. The van der Waals surface area contributed by atoms with Crippen molar-refractivity contribution >= 4 is 17.3 Å². The number of hydrogen-bond acceptors (Lipinski definition) is 3. The average molecular weight is 251 g/mol. The summed E-state index contributed by atoms with van der Waals surface area (Å²) in [6.07, 6.45) is -0.114. The molecule has 0 saturated heterocycles. The largest absolute Gasteiger partial charge is 0.481 e. The summed E-state index contributed by atoms with van der Waals surface area (Å²) in [4.78, 5) is 15.7. The molecular weight excluding hydrogens is 241 g/mol. The molecule has 0 amide bonds. The van der Waals surface area contributed by atoms with E-state index in [0.29, 0.717) is 5.69 Å². The molecule has 0 spiro atoms. The Kier molecular flexibility index (Phi) is 3.19. The van der Waals surface area contributed by atoms with Gasteiger partial charge in [0.05, 0.1) is 22.0 Å². The van der Waals surface area contributed by atoms with Gasteiger partial charge in [-0.15, -0.1) is 11.3 Å². The maximum absolute atomic E-state index is 12.8. The van der Waals surface area contributed by atoms with E-state index >= 15 is 0 Å². The van der Waals surface area contributed by atoms with Gasteiger partial charge in [-0.3, -0.25) is 4.79 Å². The first-order valence-corrected chi connectivity index (χ1v) is 5.82. The Balaban J connectivity index is 2.43. The Hall–Kier alpha value is -1.75. The van der Waals surface area contributed by atoms with Crippen molar-refractivity contribution in [3.05, 3.63) is 40.8 Å². The maximum atomic E-state index is 12.8. The van der Waals surface area contributed by atoms with Crippen LogP contribution in [0.1, 0.15) is 10.7 Å². The van der Waals surface area contributed by atoms with Crippen molar-refractivity contribution in [1.29, 1.82) is 0 Å². The van der Waals surface area contributed by atoms with Crippen LogP contribution < -0.4 is 0 Å². The highest BCUT2D eigenvalue weighted by Crippen LogP contribution is 2.30. The van der Waals surface area contributed by atoms with E-state index < -0.39 is 5.97 Å². The maximum Gasteiger partial charge on any atom is 0.309 e. The van der Waals surface area contributed by atoms with Crippen LogP contribution >= 0.6 is 11.3 Å². The Morgan fingerprint density at radius 3 is 2.65 bits per heavy atom. The van der Waals surface area contributed by atoms with Crippen LogP contribution in [0.3, 0.4) is 0 Å². The Morgan fingerprint density at radius 1 is 1.41 bits per heavy atom. The highest BCUT2D eigenvalue weighted by atomic mass is 32.1. The van der Waals surface area contributed by atoms with Crippen LogP contribution in [0.25, 0.3) is 10.4 Å². The molecule has 2 aromatic rings. The minimum atomic E-state index is -0.918. The third-order valence-electron chi connectivity index (χ3n) is 2.23. The lowest BCUT2D eigenvalue weighted by atomic mass is 10.1. The first-order chi connectivity index (χ1) is 8.06. The van der Waals surface area contributed by atoms with E-state index in [4.69, 9.17) is 5.11 Å². The summed E-state index contributed by atoms with van der Waals surface area (Å²) in [5.74, 6) is -1.23. The molecule has 0 radical (unpaired) electrons. The number of aryl methyl sites for hydroxylation is 1. The summed E-state index contributed by atoms with van der Waals surface area (Å²) in [5, 5.41) is 9.60. The van der Waals surface area contributed by atoms with Crippen molar-refractivity contribution in [2.75, 3.05) is 0 Å². The number of benzene rings is 1. The third kappa shape index (κ3) is 2.68. The van der Waals surface area contributed by atoms with E-state index in [-0.39, 0.29) is 12.2 Å². The summed E-state index contributed by atoms with van der Waals surface area (Å²) < 4.78 is 12.8. The van der Waals surface area contributed by atoms with Crippen molar-refractivity contribution < 1.29 is 14.3 Å². The highest BCUT2D eigenvalue weighted by molar-refractivity contribution is 7.15. The van der Waals surface area contributed by atoms with Crippen LogP contribution in [0, 0.1) is 12.7 Å². The number of carboxylic acids is 1. The number of thiazole rings is 1. The minimum Gasteiger partial charge on any atom is -0.481 e. The van der Waals surface area contributed by atoms with Crippen LogP contribution in [0.2, 0.25) is 0 Å². The lowest BCUT2D eigenvalue weighted by molar-refractivity contribution is -0.136.